The van der Waals surface area contributed by atoms with Gasteiger partial charge in [-0.1, -0.05) is 103 Å². The average molecular weight is 449 g/mol. The third-order valence-electron chi connectivity index (χ3n) is 7.45. The molecule has 2 nitrogen and oxygen atoms in total. The van der Waals surface area contributed by atoms with Crippen molar-refractivity contribution in [1.29, 1.82) is 0 Å². The lowest BCUT2D eigenvalue weighted by molar-refractivity contribution is -0.0174. The van der Waals surface area contributed by atoms with E-state index in [9.17, 15) is 4.79 Å². The van der Waals surface area contributed by atoms with Crippen molar-refractivity contribution >= 4 is 5.97 Å². The molecule has 0 amide bonds. The average Bonchev–Trinajstić information content (AvgIpc) is 2.81. The van der Waals surface area contributed by atoms with Crippen LogP contribution in [0.15, 0.2) is 48.5 Å². The van der Waals surface area contributed by atoms with Crippen molar-refractivity contribution in [1.82, 2.24) is 0 Å². The predicted molar refractivity (Wildman–Crippen MR) is 140 cm³/mol. The van der Waals surface area contributed by atoms with Crippen molar-refractivity contribution in [3.05, 3.63) is 59.7 Å². The molecular weight excluding hydrogens is 404 g/mol. The zero-order chi connectivity index (χ0) is 23.6. The van der Waals surface area contributed by atoms with Gasteiger partial charge in [-0.3, -0.25) is 0 Å². The quantitative estimate of drug-likeness (QED) is 0.253. The zero-order valence-electron chi connectivity index (χ0n) is 21.3. The van der Waals surface area contributed by atoms with E-state index in [-0.39, 0.29) is 12.1 Å². The first kappa shape index (κ1) is 25.5. The fourth-order valence-corrected chi connectivity index (χ4v) is 5.23. The Morgan fingerprint density at radius 1 is 0.879 bits per heavy atom. The van der Waals surface area contributed by atoms with E-state index in [0.29, 0.717) is 23.3 Å². The molecule has 0 unspecified atom stereocenters. The van der Waals surface area contributed by atoms with Crippen LogP contribution in [0.2, 0.25) is 0 Å². The molecule has 0 aromatic heterocycles. The largest absolute Gasteiger partial charge is 0.458 e. The third-order valence-corrected chi connectivity index (χ3v) is 7.45. The molecule has 2 heteroatoms. The number of carbonyl (C=O) groups excluding carboxylic acids is 1. The predicted octanol–water partition coefficient (Wildman–Crippen LogP) is 8.87. The van der Waals surface area contributed by atoms with E-state index in [1.165, 1.54) is 56.1 Å². The van der Waals surface area contributed by atoms with Crippen LogP contribution in [0, 0.1) is 17.8 Å². The Labute approximate surface area is 202 Å². The molecule has 0 bridgehead atoms. The van der Waals surface area contributed by atoms with Gasteiger partial charge < -0.3 is 4.74 Å². The van der Waals surface area contributed by atoms with E-state index in [0.717, 1.165) is 24.8 Å². The first-order chi connectivity index (χ1) is 16.0. The van der Waals surface area contributed by atoms with Gasteiger partial charge in [-0.2, -0.15) is 0 Å². The van der Waals surface area contributed by atoms with Crippen LogP contribution in [0.3, 0.4) is 0 Å². The van der Waals surface area contributed by atoms with Gasteiger partial charge in [-0.05, 0) is 72.3 Å². The van der Waals surface area contributed by atoms with Crippen LogP contribution in [-0.2, 0) is 11.2 Å². The topological polar surface area (TPSA) is 26.3 Å². The highest BCUT2D eigenvalue weighted by molar-refractivity contribution is 5.90. The number of ether oxygens (including phenoxy) is 1. The Bertz CT molecular complexity index is 834. The summed E-state index contributed by atoms with van der Waals surface area (Å²) in [6, 6.07) is 16.8. The lowest BCUT2D eigenvalue weighted by Gasteiger charge is -2.36. The number of unbranched alkanes of at least 4 members (excludes halogenated alkanes) is 5. The molecule has 1 fully saturated rings. The molecule has 0 saturated heterocycles. The summed E-state index contributed by atoms with van der Waals surface area (Å²) in [5.41, 5.74) is 4.40. The molecule has 3 atom stereocenters. The van der Waals surface area contributed by atoms with Crippen LogP contribution in [0.1, 0.15) is 101 Å². The van der Waals surface area contributed by atoms with Crippen LogP contribution in [-0.4, -0.2) is 12.1 Å². The van der Waals surface area contributed by atoms with Gasteiger partial charge in [0.15, 0.2) is 0 Å². The van der Waals surface area contributed by atoms with Gasteiger partial charge in [0.1, 0.15) is 6.10 Å². The van der Waals surface area contributed by atoms with Crippen molar-refractivity contribution in [2.24, 2.45) is 17.8 Å². The molecule has 33 heavy (non-hydrogen) atoms. The number of esters is 1. The van der Waals surface area contributed by atoms with Gasteiger partial charge in [0.25, 0.3) is 0 Å². The fraction of sp³-hybridized carbons (Fsp3) is 0.581. The van der Waals surface area contributed by atoms with E-state index in [2.05, 4.69) is 52.0 Å². The second-order valence-electron chi connectivity index (χ2n) is 10.6. The minimum Gasteiger partial charge on any atom is -0.458 e. The maximum absolute atomic E-state index is 12.8. The molecule has 1 aliphatic carbocycles. The summed E-state index contributed by atoms with van der Waals surface area (Å²) in [6.07, 6.45) is 12.6. The number of hydrogen-bond donors (Lipinski definition) is 0. The molecule has 180 valence electrons. The first-order valence-corrected chi connectivity index (χ1v) is 13.4. The molecule has 0 N–H and O–H groups in total. The number of rotatable bonds is 11. The van der Waals surface area contributed by atoms with E-state index in [1.54, 1.807) is 0 Å². The second-order valence-corrected chi connectivity index (χ2v) is 10.6. The van der Waals surface area contributed by atoms with Crippen LogP contribution >= 0.6 is 0 Å². The second kappa shape index (κ2) is 13.0. The molecule has 0 heterocycles. The highest BCUT2D eigenvalue weighted by Gasteiger charge is 2.33. The van der Waals surface area contributed by atoms with E-state index in [1.807, 2.05) is 24.3 Å². The Morgan fingerprint density at radius 2 is 1.48 bits per heavy atom. The molecule has 2 aromatic rings. The van der Waals surface area contributed by atoms with Crippen molar-refractivity contribution < 1.29 is 9.53 Å². The molecule has 0 spiro atoms. The summed E-state index contributed by atoms with van der Waals surface area (Å²) in [7, 11) is 0. The highest BCUT2D eigenvalue weighted by atomic mass is 16.5. The van der Waals surface area contributed by atoms with E-state index < -0.39 is 0 Å². The summed E-state index contributed by atoms with van der Waals surface area (Å²) >= 11 is 0. The first-order valence-electron chi connectivity index (χ1n) is 13.4. The van der Waals surface area contributed by atoms with Crippen LogP contribution in [0.4, 0.5) is 0 Å². The summed E-state index contributed by atoms with van der Waals surface area (Å²) in [4.78, 5) is 12.8. The molecule has 0 aliphatic heterocycles. The maximum atomic E-state index is 12.8. The summed E-state index contributed by atoms with van der Waals surface area (Å²) in [5.74, 6) is 1.46. The minimum atomic E-state index is -0.180. The lowest BCUT2D eigenvalue weighted by atomic mass is 9.75. The van der Waals surface area contributed by atoms with Gasteiger partial charge in [0.2, 0.25) is 0 Å². The molecule has 0 radical (unpaired) electrons. The Hall–Kier alpha value is -2.09. The molecular formula is C31H44O2. The monoisotopic (exact) mass is 448 g/mol. The van der Waals surface area contributed by atoms with Gasteiger partial charge in [-0.25, -0.2) is 4.79 Å². The minimum absolute atomic E-state index is 0.0418. The van der Waals surface area contributed by atoms with Gasteiger partial charge >= 0.3 is 5.97 Å². The lowest BCUT2D eigenvalue weighted by Crippen LogP contribution is -2.35. The molecule has 3 rings (SSSR count). The van der Waals surface area contributed by atoms with Crippen LogP contribution < -0.4 is 0 Å². The third kappa shape index (κ3) is 7.73. The van der Waals surface area contributed by atoms with Crippen molar-refractivity contribution in [2.45, 2.75) is 98.0 Å². The van der Waals surface area contributed by atoms with Crippen LogP contribution in [0.25, 0.3) is 11.1 Å². The van der Waals surface area contributed by atoms with E-state index in [4.69, 9.17) is 4.74 Å². The van der Waals surface area contributed by atoms with Crippen molar-refractivity contribution in [3.8, 4) is 11.1 Å². The number of aryl methyl sites for hydroxylation is 1. The van der Waals surface area contributed by atoms with E-state index >= 15 is 0 Å². The smallest absolute Gasteiger partial charge is 0.338 e. The van der Waals surface area contributed by atoms with Gasteiger partial charge in [0, 0.05) is 0 Å². The molecule has 1 aliphatic rings. The number of benzene rings is 2. The number of hydrogen-bond acceptors (Lipinski definition) is 2. The molecule has 2 aromatic carbocycles. The summed E-state index contributed by atoms with van der Waals surface area (Å²) in [5, 5.41) is 0. The Balaban J connectivity index is 1.53. The standard InChI is InChI=1S/C31H44O2/c1-5-6-7-8-9-10-11-25-13-15-26(16-14-25)27-17-19-28(20-18-27)31(32)33-30-22-24(4)12-21-29(30)23(2)3/h13-20,23-24,29-30H,5-12,21-22H2,1-4H3/t24-,29-,30-/m1/s1. The molecule has 1 saturated carbocycles. The zero-order valence-corrected chi connectivity index (χ0v) is 21.3. The number of carbonyl (C=O) groups is 1. The van der Waals surface area contributed by atoms with Gasteiger partial charge in [0.05, 0.1) is 5.56 Å². The summed E-state index contributed by atoms with van der Waals surface area (Å²) in [6.45, 7) is 9.02. The Kier molecular flexibility index (Phi) is 10.0. The summed E-state index contributed by atoms with van der Waals surface area (Å²) < 4.78 is 6.01. The maximum Gasteiger partial charge on any atom is 0.338 e. The van der Waals surface area contributed by atoms with Crippen LogP contribution in [0.5, 0.6) is 0 Å². The van der Waals surface area contributed by atoms with Crippen molar-refractivity contribution in [2.75, 3.05) is 0 Å². The highest BCUT2D eigenvalue weighted by Crippen LogP contribution is 2.35. The van der Waals surface area contributed by atoms with Crippen molar-refractivity contribution in [3.63, 3.8) is 0 Å². The SMILES string of the molecule is CCCCCCCCc1ccc(-c2ccc(C(=O)O[C@@H]3C[C@H](C)CC[C@@H]3C(C)C)cc2)cc1. The Morgan fingerprint density at radius 3 is 2.12 bits per heavy atom. The normalized spacial score (nSPS) is 20.7. The van der Waals surface area contributed by atoms with Gasteiger partial charge in [-0.15, -0.1) is 0 Å². The fourth-order valence-electron chi connectivity index (χ4n) is 5.23.